The third-order valence-electron chi connectivity index (χ3n) is 2.91. The Morgan fingerprint density at radius 2 is 2.20 bits per heavy atom. The minimum Gasteiger partial charge on any atom is -0.310 e. The van der Waals surface area contributed by atoms with E-state index in [9.17, 15) is 8.78 Å². The first-order valence-electron chi connectivity index (χ1n) is 5.30. The Balaban J connectivity index is 2.37. The average Bonchev–Trinajstić information content (AvgIpc) is 2.69. The van der Waals surface area contributed by atoms with Gasteiger partial charge in [0.25, 0.3) is 6.43 Å². The van der Waals surface area contributed by atoms with Gasteiger partial charge in [0.2, 0.25) is 0 Å². The summed E-state index contributed by atoms with van der Waals surface area (Å²) in [5, 5.41) is 3.26. The van der Waals surface area contributed by atoms with Crippen LogP contribution in [0.4, 0.5) is 8.78 Å². The molecule has 2 rings (SSSR count). The summed E-state index contributed by atoms with van der Waals surface area (Å²) in [6.45, 7) is 2.87. The molecule has 1 heterocycles. The van der Waals surface area contributed by atoms with Crippen LogP contribution in [0.2, 0.25) is 0 Å². The first kappa shape index (κ1) is 10.6. The average molecular weight is 211 g/mol. The van der Waals surface area contributed by atoms with Crippen LogP contribution in [0.1, 0.15) is 42.0 Å². The van der Waals surface area contributed by atoms with Crippen LogP contribution in [-0.4, -0.2) is 6.54 Å². The molecule has 0 amide bonds. The van der Waals surface area contributed by atoms with Crippen molar-refractivity contribution < 1.29 is 8.78 Å². The van der Waals surface area contributed by atoms with E-state index in [1.165, 1.54) is 0 Å². The molecule has 1 aliphatic heterocycles. The SMILES string of the molecule is Cc1ccc(C(F)F)c(C2CCCN2)c1. The molecule has 15 heavy (non-hydrogen) atoms. The molecule has 0 aromatic heterocycles. The fourth-order valence-electron chi connectivity index (χ4n) is 2.14. The van der Waals surface area contributed by atoms with Gasteiger partial charge >= 0.3 is 0 Å². The fourth-order valence-corrected chi connectivity index (χ4v) is 2.14. The molecule has 0 radical (unpaired) electrons. The zero-order valence-corrected chi connectivity index (χ0v) is 8.76. The lowest BCUT2D eigenvalue weighted by atomic mass is 9.97. The molecule has 1 atom stereocenters. The van der Waals surface area contributed by atoms with Gasteiger partial charge in [-0.25, -0.2) is 8.78 Å². The van der Waals surface area contributed by atoms with Crippen molar-refractivity contribution in [2.24, 2.45) is 0 Å². The summed E-state index contributed by atoms with van der Waals surface area (Å²) in [7, 11) is 0. The van der Waals surface area contributed by atoms with Gasteiger partial charge in [0, 0.05) is 11.6 Å². The van der Waals surface area contributed by atoms with Crippen molar-refractivity contribution in [3.05, 3.63) is 34.9 Å². The highest BCUT2D eigenvalue weighted by molar-refractivity contribution is 5.35. The normalized spacial score (nSPS) is 21.2. The molecule has 0 aliphatic carbocycles. The summed E-state index contributed by atoms with van der Waals surface area (Å²) in [6, 6.07) is 5.30. The number of hydrogen-bond donors (Lipinski definition) is 1. The summed E-state index contributed by atoms with van der Waals surface area (Å²) >= 11 is 0. The Kier molecular flexibility index (Phi) is 3.00. The van der Waals surface area contributed by atoms with Gasteiger partial charge in [0.15, 0.2) is 0 Å². The third kappa shape index (κ3) is 2.17. The molecule has 1 aliphatic rings. The zero-order valence-electron chi connectivity index (χ0n) is 8.76. The number of nitrogens with one attached hydrogen (secondary N) is 1. The number of halogens is 2. The maximum atomic E-state index is 12.8. The molecule has 1 saturated heterocycles. The first-order valence-corrected chi connectivity index (χ1v) is 5.30. The lowest BCUT2D eigenvalue weighted by Crippen LogP contribution is -2.15. The summed E-state index contributed by atoms with van der Waals surface area (Å²) < 4.78 is 25.6. The molecule has 1 unspecified atom stereocenters. The van der Waals surface area contributed by atoms with E-state index in [-0.39, 0.29) is 11.6 Å². The molecule has 0 bridgehead atoms. The van der Waals surface area contributed by atoms with Crippen molar-refractivity contribution in [3.63, 3.8) is 0 Å². The first-order chi connectivity index (χ1) is 7.18. The van der Waals surface area contributed by atoms with Crippen molar-refractivity contribution in [3.8, 4) is 0 Å². The van der Waals surface area contributed by atoms with Crippen LogP contribution in [0, 0.1) is 6.92 Å². The van der Waals surface area contributed by atoms with Gasteiger partial charge in [0.05, 0.1) is 0 Å². The maximum absolute atomic E-state index is 12.8. The number of benzene rings is 1. The molecule has 82 valence electrons. The van der Waals surface area contributed by atoms with Crippen LogP contribution in [0.25, 0.3) is 0 Å². The Labute approximate surface area is 88.5 Å². The number of rotatable bonds is 2. The molecule has 0 saturated carbocycles. The van der Waals surface area contributed by atoms with Gasteiger partial charge in [-0.15, -0.1) is 0 Å². The van der Waals surface area contributed by atoms with E-state index in [4.69, 9.17) is 0 Å². The molecule has 1 aromatic rings. The predicted molar refractivity (Wildman–Crippen MR) is 56.1 cm³/mol. The van der Waals surface area contributed by atoms with E-state index in [0.717, 1.165) is 30.5 Å². The Morgan fingerprint density at radius 3 is 2.80 bits per heavy atom. The minimum absolute atomic E-state index is 0.119. The van der Waals surface area contributed by atoms with Gasteiger partial charge in [-0.2, -0.15) is 0 Å². The maximum Gasteiger partial charge on any atom is 0.264 e. The largest absolute Gasteiger partial charge is 0.310 e. The van der Waals surface area contributed by atoms with Gasteiger partial charge in [-0.05, 0) is 31.9 Å². The van der Waals surface area contributed by atoms with E-state index < -0.39 is 6.43 Å². The van der Waals surface area contributed by atoms with E-state index >= 15 is 0 Å². The lowest BCUT2D eigenvalue weighted by molar-refractivity contribution is 0.149. The monoisotopic (exact) mass is 211 g/mol. The van der Waals surface area contributed by atoms with Crippen molar-refractivity contribution in [1.82, 2.24) is 5.32 Å². The number of alkyl halides is 2. The third-order valence-corrected chi connectivity index (χ3v) is 2.91. The van der Waals surface area contributed by atoms with Crippen LogP contribution in [0.5, 0.6) is 0 Å². The second-order valence-corrected chi connectivity index (χ2v) is 4.08. The molecular formula is C12H15F2N. The van der Waals surface area contributed by atoms with Crippen LogP contribution >= 0.6 is 0 Å². The smallest absolute Gasteiger partial charge is 0.264 e. The highest BCUT2D eigenvalue weighted by atomic mass is 19.3. The summed E-state index contributed by atoms with van der Waals surface area (Å²) in [5.74, 6) is 0. The topological polar surface area (TPSA) is 12.0 Å². The summed E-state index contributed by atoms with van der Waals surface area (Å²) in [5.41, 5.74) is 2.01. The van der Waals surface area contributed by atoms with Crippen LogP contribution in [0.15, 0.2) is 18.2 Å². The van der Waals surface area contributed by atoms with Crippen molar-refractivity contribution in [1.29, 1.82) is 0 Å². The highest BCUT2D eigenvalue weighted by Crippen LogP contribution is 2.32. The van der Waals surface area contributed by atoms with Crippen molar-refractivity contribution in [2.45, 2.75) is 32.2 Å². The molecule has 0 spiro atoms. The Morgan fingerprint density at radius 1 is 1.40 bits per heavy atom. The zero-order chi connectivity index (χ0) is 10.8. The van der Waals surface area contributed by atoms with Crippen LogP contribution < -0.4 is 5.32 Å². The van der Waals surface area contributed by atoms with Crippen molar-refractivity contribution >= 4 is 0 Å². The molecular weight excluding hydrogens is 196 g/mol. The second kappa shape index (κ2) is 4.27. The minimum atomic E-state index is -2.37. The van der Waals surface area contributed by atoms with Crippen molar-refractivity contribution in [2.75, 3.05) is 6.54 Å². The lowest BCUT2D eigenvalue weighted by Gasteiger charge is -2.16. The fraction of sp³-hybridized carbons (Fsp3) is 0.500. The Hall–Kier alpha value is -0.960. The van der Waals surface area contributed by atoms with Crippen LogP contribution in [0.3, 0.4) is 0 Å². The van der Waals surface area contributed by atoms with E-state index in [0.29, 0.717) is 0 Å². The van der Waals surface area contributed by atoms with E-state index in [1.54, 1.807) is 12.1 Å². The summed E-state index contributed by atoms with van der Waals surface area (Å²) in [6.07, 6.45) is -0.340. The van der Waals surface area contributed by atoms with Gasteiger partial charge < -0.3 is 5.32 Å². The number of aryl methyl sites for hydroxylation is 1. The van der Waals surface area contributed by atoms with E-state index in [2.05, 4.69) is 5.32 Å². The molecule has 1 aromatic carbocycles. The van der Waals surface area contributed by atoms with Gasteiger partial charge in [0.1, 0.15) is 0 Å². The van der Waals surface area contributed by atoms with Gasteiger partial charge in [-0.1, -0.05) is 23.8 Å². The number of hydrogen-bond acceptors (Lipinski definition) is 1. The predicted octanol–water partition coefficient (Wildman–Crippen LogP) is 3.36. The second-order valence-electron chi connectivity index (χ2n) is 4.08. The van der Waals surface area contributed by atoms with E-state index in [1.807, 2.05) is 13.0 Å². The van der Waals surface area contributed by atoms with Crippen LogP contribution in [-0.2, 0) is 0 Å². The molecule has 1 fully saturated rings. The molecule has 1 N–H and O–H groups in total. The summed E-state index contributed by atoms with van der Waals surface area (Å²) in [4.78, 5) is 0. The molecule has 1 nitrogen and oxygen atoms in total. The highest BCUT2D eigenvalue weighted by Gasteiger charge is 2.22. The van der Waals surface area contributed by atoms with Gasteiger partial charge in [-0.3, -0.25) is 0 Å². The molecule has 3 heteroatoms. The quantitative estimate of drug-likeness (QED) is 0.791. The Bertz CT molecular complexity index is 343. The standard InChI is InChI=1S/C12H15F2N/c1-8-4-5-9(12(13)14)10(7-8)11-3-2-6-15-11/h4-5,7,11-12,15H,2-3,6H2,1H3.